The second-order valence-corrected chi connectivity index (χ2v) is 7.01. The van der Waals surface area contributed by atoms with Gasteiger partial charge in [-0.15, -0.1) is 0 Å². The molecule has 0 spiro atoms. The second kappa shape index (κ2) is 4.97. The van der Waals surface area contributed by atoms with Gasteiger partial charge in [0, 0.05) is 0 Å². The number of hydrogen-bond donors (Lipinski definition) is 2. The lowest BCUT2D eigenvalue weighted by Crippen LogP contribution is -2.39. The summed E-state index contributed by atoms with van der Waals surface area (Å²) < 4.78 is 0. The van der Waals surface area contributed by atoms with Crippen LogP contribution in [0.1, 0.15) is 38.7 Å². The van der Waals surface area contributed by atoms with Gasteiger partial charge in [0.25, 0.3) is 0 Å². The Morgan fingerprint density at radius 2 is 2.09 bits per heavy atom. The van der Waals surface area contributed by atoms with Crippen LogP contribution in [0.4, 0.5) is 0 Å². The van der Waals surface area contributed by atoms with Crippen molar-refractivity contribution >= 4 is 12.1 Å². The standard InChI is InChI=1S/C18H22N2O2/c1-12-17(2,3)14-8-9-18(12,10-14)16(22)20-19-11-13-4-6-15(21)7-5-13/h4-7,11,14,21H,1,8-10H2,2-3H3,(H,20,22)/b19-11-/t14-,18+/m1/s1. The largest absolute Gasteiger partial charge is 0.508 e. The molecule has 0 radical (unpaired) electrons. The molecule has 2 fully saturated rings. The van der Waals surface area contributed by atoms with Crippen LogP contribution in [0, 0.1) is 16.7 Å². The minimum Gasteiger partial charge on any atom is -0.508 e. The number of phenolic OH excluding ortho intramolecular Hbond substituents is 1. The van der Waals surface area contributed by atoms with Crippen LogP contribution in [0.5, 0.6) is 5.75 Å². The van der Waals surface area contributed by atoms with Crippen LogP contribution < -0.4 is 5.43 Å². The SMILES string of the molecule is C=C1C(C)(C)[C@@H]2CC[C@]1(C(=O)N/N=C\c1ccc(O)cc1)C2. The first-order valence-electron chi connectivity index (χ1n) is 7.69. The summed E-state index contributed by atoms with van der Waals surface area (Å²) in [6.07, 6.45) is 4.43. The fraction of sp³-hybridized carbons (Fsp3) is 0.444. The van der Waals surface area contributed by atoms with E-state index in [1.807, 2.05) is 0 Å². The first-order chi connectivity index (χ1) is 10.4. The number of amides is 1. The molecule has 1 aromatic carbocycles. The van der Waals surface area contributed by atoms with Crippen molar-refractivity contribution in [3.63, 3.8) is 0 Å². The summed E-state index contributed by atoms with van der Waals surface area (Å²) in [6.45, 7) is 8.60. The van der Waals surface area contributed by atoms with E-state index in [9.17, 15) is 9.90 Å². The second-order valence-electron chi connectivity index (χ2n) is 7.01. The molecule has 3 rings (SSSR count). The quantitative estimate of drug-likeness (QED) is 0.511. The number of carbonyl (C=O) groups excluding carboxylic acids is 1. The van der Waals surface area contributed by atoms with Crippen molar-refractivity contribution in [2.45, 2.75) is 33.1 Å². The van der Waals surface area contributed by atoms with Crippen LogP contribution in [0.15, 0.2) is 41.5 Å². The van der Waals surface area contributed by atoms with E-state index in [2.05, 4.69) is 31.0 Å². The van der Waals surface area contributed by atoms with Crippen molar-refractivity contribution in [2.24, 2.45) is 21.8 Å². The highest BCUT2D eigenvalue weighted by Crippen LogP contribution is 2.65. The molecule has 1 amide bonds. The number of nitrogens with zero attached hydrogens (tertiary/aromatic N) is 1. The number of benzene rings is 1. The lowest BCUT2D eigenvalue weighted by atomic mass is 9.68. The monoisotopic (exact) mass is 298 g/mol. The Kier molecular flexibility index (Phi) is 3.35. The van der Waals surface area contributed by atoms with E-state index in [0.29, 0.717) is 5.92 Å². The molecule has 2 aliphatic rings. The zero-order valence-corrected chi connectivity index (χ0v) is 13.1. The molecule has 2 atom stereocenters. The molecule has 4 nitrogen and oxygen atoms in total. The number of rotatable bonds is 3. The van der Waals surface area contributed by atoms with Gasteiger partial charge < -0.3 is 5.11 Å². The Hall–Kier alpha value is -2.10. The van der Waals surface area contributed by atoms with Crippen molar-refractivity contribution < 1.29 is 9.90 Å². The van der Waals surface area contributed by atoms with Gasteiger partial charge in [-0.25, -0.2) is 5.43 Å². The van der Waals surface area contributed by atoms with Crippen LogP contribution in [-0.2, 0) is 4.79 Å². The maximum Gasteiger partial charge on any atom is 0.250 e. The van der Waals surface area contributed by atoms with E-state index in [0.717, 1.165) is 30.4 Å². The number of hydrogen-bond acceptors (Lipinski definition) is 3. The van der Waals surface area contributed by atoms with E-state index >= 15 is 0 Å². The van der Waals surface area contributed by atoms with Gasteiger partial charge >= 0.3 is 0 Å². The number of phenols is 1. The highest BCUT2D eigenvalue weighted by molar-refractivity contribution is 5.89. The molecule has 116 valence electrons. The van der Waals surface area contributed by atoms with Gasteiger partial charge in [0.15, 0.2) is 0 Å². The molecule has 4 heteroatoms. The molecule has 1 aromatic rings. The summed E-state index contributed by atoms with van der Waals surface area (Å²) in [4.78, 5) is 12.6. The summed E-state index contributed by atoms with van der Waals surface area (Å²) in [5.74, 6) is 0.717. The van der Waals surface area contributed by atoms with E-state index in [4.69, 9.17) is 0 Å². The number of nitrogens with one attached hydrogen (secondary N) is 1. The van der Waals surface area contributed by atoms with Gasteiger partial charge in [-0.1, -0.05) is 26.0 Å². The first-order valence-corrected chi connectivity index (χ1v) is 7.69. The predicted octanol–water partition coefficient (Wildman–Crippen LogP) is 3.22. The van der Waals surface area contributed by atoms with Crippen molar-refractivity contribution in [1.29, 1.82) is 0 Å². The molecule has 2 aliphatic carbocycles. The van der Waals surface area contributed by atoms with Gasteiger partial charge in [-0.2, -0.15) is 5.10 Å². The number of hydrazone groups is 1. The normalized spacial score (nSPS) is 29.2. The molecule has 0 saturated heterocycles. The van der Waals surface area contributed by atoms with Gasteiger partial charge in [0.1, 0.15) is 5.75 Å². The van der Waals surface area contributed by atoms with Crippen LogP contribution >= 0.6 is 0 Å². The maximum atomic E-state index is 12.6. The third-order valence-electron chi connectivity index (χ3n) is 5.60. The van der Waals surface area contributed by atoms with Crippen molar-refractivity contribution in [2.75, 3.05) is 0 Å². The lowest BCUT2D eigenvalue weighted by molar-refractivity contribution is -0.128. The minimum atomic E-state index is -0.444. The highest BCUT2D eigenvalue weighted by Gasteiger charge is 2.60. The van der Waals surface area contributed by atoms with E-state index < -0.39 is 5.41 Å². The van der Waals surface area contributed by atoms with Crippen LogP contribution in [-0.4, -0.2) is 17.2 Å². The fourth-order valence-electron chi connectivity index (χ4n) is 3.97. The number of fused-ring (bicyclic) bond motifs is 2. The van der Waals surface area contributed by atoms with Crippen LogP contribution in [0.25, 0.3) is 0 Å². The highest BCUT2D eigenvalue weighted by atomic mass is 16.3. The number of carbonyl (C=O) groups is 1. The Morgan fingerprint density at radius 3 is 2.68 bits per heavy atom. The summed E-state index contributed by atoms with van der Waals surface area (Å²) in [5.41, 5.74) is 4.15. The molecular formula is C18H22N2O2. The minimum absolute atomic E-state index is 0.0380. The zero-order valence-electron chi connectivity index (χ0n) is 13.1. The van der Waals surface area contributed by atoms with Gasteiger partial charge in [0.05, 0.1) is 11.6 Å². The van der Waals surface area contributed by atoms with Crippen LogP contribution in [0.2, 0.25) is 0 Å². The average Bonchev–Trinajstić information content (AvgIpc) is 3.01. The molecule has 2 N–H and O–H groups in total. The Bertz CT molecular complexity index is 646. The van der Waals surface area contributed by atoms with Gasteiger partial charge in [-0.3, -0.25) is 4.79 Å². The molecular weight excluding hydrogens is 276 g/mol. The summed E-state index contributed by atoms with van der Waals surface area (Å²) >= 11 is 0. The lowest BCUT2D eigenvalue weighted by Gasteiger charge is -2.36. The average molecular weight is 298 g/mol. The third-order valence-corrected chi connectivity index (χ3v) is 5.60. The molecule has 0 heterocycles. The molecule has 2 saturated carbocycles. The van der Waals surface area contributed by atoms with Crippen LogP contribution in [0.3, 0.4) is 0 Å². The number of aromatic hydroxyl groups is 1. The van der Waals surface area contributed by atoms with Crippen molar-refractivity contribution in [1.82, 2.24) is 5.43 Å². The Morgan fingerprint density at radius 1 is 1.41 bits per heavy atom. The van der Waals surface area contributed by atoms with Crippen molar-refractivity contribution in [3.05, 3.63) is 42.0 Å². The van der Waals surface area contributed by atoms with Gasteiger partial charge in [-0.05, 0) is 60.4 Å². The Balaban J connectivity index is 1.70. The molecule has 2 bridgehead atoms. The first kappa shape index (κ1) is 14.8. The van der Waals surface area contributed by atoms with E-state index in [1.54, 1.807) is 30.5 Å². The molecule has 0 aromatic heterocycles. The fourth-order valence-corrected chi connectivity index (χ4v) is 3.97. The molecule has 0 unspecified atom stereocenters. The van der Waals surface area contributed by atoms with Gasteiger partial charge in [0.2, 0.25) is 5.91 Å². The predicted molar refractivity (Wildman–Crippen MR) is 86.5 cm³/mol. The van der Waals surface area contributed by atoms with E-state index in [1.165, 1.54) is 0 Å². The third kappa shape index (κ3) is 2.14. The van der Waals surface area contributed by atoms with E-state index in [-0.39, 0.29) is 17.1 Å². The summed E-state index contributed by atoms with van der Waals surface area (Å²) in [7, 11) is 0. The zero-order chi connectivity index (χ0) is 16.0. The maximum absolute atomic E-state index is 12.6. The molecule has 22 heavy (non-hydrogen) atoms. The smallest absolute Gasteiger partial charge is 0.250 e. The molecule has 0 aliphatic heterocycles. The van der Waals surface area contributed by atoms with Crippen molar-refractivity contribution in [3.8, 4) is 5.75 Å². The Labute approximate surface area is 130 Å². The summed E-state index contributed by atoms with van der Waals surface area (Å²) in [5, 5.41) is 13.3. The summed E-state index contributed by atoms with van der Waals surface area (Å²) in [6, 6.07) is 6.66. The topological polar surface area (TPSA) is 61.7 Å².